The first-order chi connectivity index (χ1) is 16.4. The molecule has 1 unspecified atom stereocenters. The number of carbonyl (C=O) groups excluding carboxylic acids is 1. The van der Waals surface area contributed by atoms with E-state index in [1.165, 1.54) is 5.56 Å². The van der Waals surface area contributed by atoms with Gasteiger partial charge in [-0.1, -0.05) is 50.6 Å². The predicted molar refractivity (Wildman–Crippen MR) is 140 cm³/mol. The highest BCUT2D eigenvalue weighted by Gasteiger charge is 2.11. The van der Waals surface area contributed by atoms with Gasteiger partial charge in [0.1, 0.15) is 0 Å². The van der Waals surface area contributed by atoms with Gasteiger partial charge in [-0.3, -0.25) is 10.2 Å². The summed E-state index contributed by atoms with van der Waals surface area (Å²) < 4.78 is 11.2. The van der Waals surface area contributed by atoms with Gasteiger partial charge in [0.15, 0.2) is 5.82 Å². The van der Waals surface area contributed by atoms with Crippen molar-refractivity contribution in [3.63, 3.8) is 0 Å². The number of carbonyl (C=O) groups is 1. The number of benzene rings is 1. The molecule has 7 heteroatoms. The summed E-state index contributed by atoms with van der Waals surface area (Å²) in [4.78, 5) is 18.8. The van der Waals surface area contributed by atoms with E-state index in [0.717, 1.165) is 43.6 Å². The number of hydrogen-bond acceptors (Lipinski definition) is 7. The molecule has 7 nitrogen and oxygen atoms in total. The number of nitrogens with zero attached hydrogens (tertiary/aromatic N) is 3. The first-order valence-corrected chi connectivity index (χ1v) is 12.4. The number of pyridine rings is 1. The van der Waals surface area contributed by atoms with Gasteiger partial charge in [0.05, 0.1) is 18.9 Å². The summed E-state index contributed by atoms with van der Waals surface area (Å²) in [6.45, 7) is 12.6. The molecule has 0 radical (unpaired) electrons. The van der Waals surface area contributed by atoms with Crippen molar-refractivity contribution in [1.29, 1.82) is 0 Å². The molecule has 0 amide bonds. The molecular formula is C27H40N4O3. The van der Waals surface area contributed by atoms with E-state index in [4.69, 9.17) is 9.47 Å². The highest BCUT2D eigenvalue weighted by atomic mass is 16.5. The first-order valence-electron chi connectivity index (χ1n) is 12.4. The molecule has 1 aromatic heterocycles. The third-order valence-corrected chi connectivity index (χ3v) is 5.26. The van der Waals surface area contributed by atoms with Crippen LogP contribution in [0.15, 0.2) is 41.5 Å². The van der Waals surface area contributed by atoms with Crippen LogP contribution in [0.5, 0.6) is 5.88 Å². The number of nitrogens with one attached hydrogen (secondary N) is 1. The Hall–Kier alpha value is -3.09. The van der Waals surface area contributed by atoms with Crippen LogP contribution in [0.1, 0.15) is 70.9 Å². The lowest BCUT2D eigenvalue weighted by atomic mass is 10.2. The van der Waals surface area contributed by atoms with Crippen molar-refractivity contribution in [2.75, 3.05) is 30.0 Å². The third-order valence-electron chi connectivity index (χ3n) is 5.26. The van der Waals surface area contributed by atoms with Crippen molar-refractivity contribution in [2.24, 2.45) is 5.10 Å². The summed E-state index contributed by atoms with van der Waals surface area (Å²) in [6, 6.07) is 12.1. The van der Waals surface area contributed by atoms with Gasteiger partial charge in [0.25, 0.3) is 0 Å². The Labute approximate surface area is 204 Å². The molecule has 0 fully saturated rings. The standard InChI is InChI=1S/C27H40N4O3/c1-6-14-31(15-7-2)24-18-25(30-28-20-23-12-9-11-21(4)17-23)29-26(19-24)33-16-10-13-27(32)34-22(5)8-3/h9,11-12,17-20,22H,6-8,10,13-16H2,1-5H3,(H,29,30)/b28-20+. The lowest BCUT2D eigenvalue weighted by Crippen LogP contribution is -2.25. The third kappa shape index (κ3) is 9.81. The Morgan fingerprint density at radius 1 is 1.18 bits per heavy atom. The van der Waals surface area contributed by atoms with Gasteiger partial charge in [-0.15, -0.1) is 0 Å². The van der Waals surface area contributed by atoms with Gasteiger partial charge in [0, 0.05) is 37.3 Å². The molecule has 2 aromatic rings. The molecule has 1 N–H and O–H groups in total. The van der Waals surface area contributed by atoms with Crippen LogP contribution in [-0.4, -0.2) is 43.0 Å². The number of aromatic nitrogens is 1. The lowest BCUT2D eigenvalue weighted by Gasteiger charge is -2.24. The number of aryl methyl sites for hydroxylation is 1. The van der Waals surface area contributed by atoms with Crippen LogP contribution in [0.25, 0.3) is 0 Å². The van der Waals surface area contributed by atoms with Crippen molar-refractivity contribution in [2.45, 2.75) is 72.8 Å². The molecule has 0 saturated heterocycles. The van der Waals surface area contributed by atoms with Gasteiger partial charge < -0.3 is 14.4 Å². The van der Waals surface area contributed by atoms with Crippen LogP contribution in [-0.2, 0) is 9.53 Å². The molecule has 0 bridgehead atoms. The molecule has 0 aliphatic heterocycles. The van der Waals surface area contributed by atoms with Crippen LogP contribution in [0.4, 0.5) is 11.5 Å². The Balaban J connectivity index is 2.08. The van der Waals surface area contributed by atoms with Crippen LogP contribution in [0.3, 0.4) is 0 Å². The monoisotopic (exact) mass is 468 g/mol. The average Bonchev–Trinajstić information content (AvgIpc) is 2.81. The average molecular weight is 469 g/mol. The summed E-state index contributed by atoms with van der Waals surface area (Å²) in [5.74, 6) is 0.938. The van der Waals surface area contributed by atoms with E-state index in [1.54, 1.807) is 6.21 Å². The normalized spacial score (nSPS) is 11.9. The van der Waals surface area contributed by atoms with E-state index < -0.39 is 0 Å². The first kappa shape index (κ1) is 27.2. The zero-order valence-electron chi connectivity index (χ0n) is 21.3. The molecule has 0 aliphatic carbocycles. The quantitative estimate of drug-likeness (QED) is 0.150. The maximum atomic E-state index is 11.9. The molecule has 0 spiro atoms. The van der Waals surface area contributed by atoms with Crippen molar-refractivity contribution in [3.8, 4) is 5.88 Å². The number of rotatable bonds is 15. The van der Waals surface area contributed by atoms with Crippen molar-refractivity contribution >= 4 is 23.7 Å². The SMILES string of the molecule is CCCN(CCC)c1cc(N/N=C/c2cccc(C)c2)nc(OCCCC(=O)OC(C)CC)c1. The summed E-state index contributed by atoms with van der Waals surface area (Å²) in [5.41, 5.74) is 6.29. The molecule has 0 saturated carbocycles. The fraction of sp³-hybridized carbons (Fsp3) is 0.519. The van der Waals surface area contributed by atoms with Crippen LogP contribution in [0.2, 0.25) is 0 Å². The maximum absolute atomic E-state index is 11.9. The molecule has 1 heterocycles. The van der Waals surface area contributed by atoms with E-state index in [0.29, 0.717) is 31.1 Å². The van der Waals surface area contributed by atoms with Crippen LogP contribution < -0.4 is 15.1 Å². The highest BCUT2D eigenvalue weighted by Crippen LogP contribution is 2.25. The van der Waals surface area contributed by atoms with E-state index >= 15 is 0 Å². The van der Waals surface area contributed by atoms with Gasteiger partial charge in [-0.2, -0.15) is 10.1 Å². The largest absolute Gasteiger partial charge is 0.478 e. The van der Waals surface area contributed by atoms with Crippen molar-refractivity contribution in [1.82, 2.24) is 4.98 Å². The van der Waals surface area contributed by atoms with Crippen molar-refractivity contribution in [3.05, 3.63) is 47.5 Å². The zero-order valence-corrected chi connectivity index (χ0v) is 21.3. The summed E-state index contributed by atoms with van der Waals surface area (Å²) in [5, 5.41) is 4.37. The zero-order chi connectivity index (χ0) is 24.8. The minimum atomic E-state index is -0.190. The van der Waals surface area contributed by atoms with E-state index in [-0.39, 0.29) is 12.1 Å². The minimum absolute atomic E-state index is 0.0520. The second-order valence-electron chi connectivity index (χ2n) is 8.48. The van der Waals surface area contributed by atoms with Gasteiger partial charge in [-0.05, 0) is 45.1 Å². The fourth-order valence-electron chi connectivity index (χ4n) is 3.40. The molecule has 186 valence electrons. The molecule has 1 atom stereocenters. The fourth-order valence-corrected chi connectivity index (χ4v) is 3.40. The summed E-state index contributed by atoms with van der Waals surface area (Å²) >= 11 is 0. The molecule has 34 heavy (non-hydrogen) atoms. The van der Waals surface area contributed by atoms with Gasteiger partial charge in [-0.25, -0.2) is 0 Å². The second-order valence-corrected chi connectivity index (χ2v) is 8.48. The predicted octanol–water partition coefficient (Wildman–Crippen LogP) is 5.96. The summed E-state index contributed by atoms with van der Waals surface area (Å²) in [7, 11) is 0. The molecule has 0 aliphatic rings. The molecular weight excluding hydrogens is 428 g/mol. The Morgan fingerprint density at radius 2 is 1.94 bits per heavy atom. The van der Waals surface area contributed by atoms with Crippen LogP contribution in [0, 0.1) is 6.92 Å². The number of hydrazone groups is 1. The number of esters is 1. The van der Waals surface area contributed by atoms with E-state index in [2.05, 4.69) is 53.3 Å². The summed E-state index contributed by atoms with van der Waals surface area (Å²) in [6.07, 6.45) is 5.53. The van der Waals surface area contributed by atoms with Gasteiger partial charge >= 0.3 is 5.97 Å². The maximum Gasteiger partial charge on any atom is 0.306 e. The number of anilines is 2. The highest BCUT2D eigenvalue weighted by molar-refractivity contribution is 5.80. The van der Waals surface area contributed by atoms with Gasteiger partial charge in [0.2, 0.25) is 5.88 Å². The Morgan fingerprint density at radius 3 is 2.62 bits per heavy atom. The van der Waals surface area contributed by atoms with Crippen LogP contribution >= 0.6 is 0 Å². The smallest absolute Gasteiger partial charge is 0.306 e. The van der Waals surface area contributed by atoms with E-state index in [1.807, 2.05) is 38.1 Å². The second kappa shape index (κ2) is 14.9. The molecule has 2 rings (SSSR count). The van der Waals surface area contributed by atoms with Crippen molar-refractivity contribution < 1.29 is 14.3 Å². The Kier molecular flexibility index (Phi) is 11.9. The van der Waals surface area contributed by atoms with E-state index in [9.17, 15) is 4.79 Å². The topological polar surface area (TPSA) is 76.0 Å². The number of hydrogen-bond donors (Lipinski definition) is 1. The minimum Gasteiger partial charge on any atom is -0.478 e. The molecule has 1 aromatic carbocycles. The Bertz CT molecular complexity index is 910. The lowest BCUT2D eigenvalue weighted by molar-refractivity contribution is -0.148. The number of ether oxygens (including phenoxy) is 2.